The van der Waals surface area contributed by atoms with Crippen LogP contribution in [0.5, 0.6) is 0 Å². The Labute approximate surface area is 381 Å². The van der Waals surface area contributed by atoms with Crippen molar-refractivity contribution in [2.45, 2.75) is 12.8 Å². The maximum Gasteiger partial charge on any atom is 0.131 e. The highest BCUT2D eigenvalue weighted by Crippen LogP contribution is 2.43. The molecular formula is C62H42N4. The van der Waals surface area contributed by atoms with E-state index in [2.05, 4.69) is 249 Å². The summed E-state index contributed by atoms with van der Waals surface area (Å²) in [5, 5.41) is 8.77. The van der Waals surface area contributed by atoms with Gasteiger partial charge in [0.05, 0.1) is 33.1 Å². The number of nitrogens with zero attached hydrogens (tertiary/aromatic N) is 4. The monoisotopic (exact) mass is 842 g/mol. The molecule has 0 bridgehead atoms. The Morgan fingerprint density at radius 1 is 0.288 bits per heavy atom. The van der Waals surface area contributed by atoms with E-state index in [1.54, 1.807) is 0 Å². The highest BCUT2D eigenvalue weighted by molar-refractivity contribution is 6.22. The lowest BCUT2D eigenvalue weighted by Gasteiger charge is -2.15. The first-order chi connectivity index (χ1) is 32.8. The average Bonchev–Trinajstić information content (AvgIpc) is 4.11. The molecule has 4 nitrogen and oxygen atoms in total. The number of hydrogen-bond donors (Lipinski definition) is 0. The van der Waals surface area contributed by atoms with Crippen molar-refractivity contribution < 1.29 is 0 Å². The van der Waals surface area contributed by atoms with Gasteiger partial charge in [-0.3, -0.25) is 9.13 Å². The molecule has 4 heteroatoms. The van der Waals surface area contributed by atoms with E-state index in [0.29, 0.717) is 0 Å². The van der Waals surface area contributed by atoms with Crippen molar-refractivity contribution in [1.82, 2.24) is 18.3 Å². The van der Waals surface area contributed by atoms with Crippen molar-refractivity contribution in [3.05, 3.63) is 231 Å². The Morgan fingerprint density at radius 3 is 1.27 bits per heavy atom. The van der Waals surface area contributed by atoms with E-state index in [-0.39, 0.29) is 0 Å². The SMILES string of the molecule is C1=CC(n2c3ccccc3c3cc(-c4cccc(-n5c6ccccc6c6c7ccccc7n(-c7cccc(-c8ccc9c(c8)c8ccccc8n9-c8ccccc8)c7)c65)c4)ccc32)=CCC1. The Bertz CT molecular complexity index is 4170. The number of benzene rings is 9. The molecular weight excluding hydrogens is 801 g/mol. The fraction of sp³-hybridized carbons (Fsp3) is 0.0323. The highest BCUT2D eigenvalue weighted by atomic mass is 15.1. The summed E-state index contributed by atoms with van der Waals surface area (Å²) in [6, 6.07) is 78.2. The van der Waals surface area contributed by atoms with Crippen molar-refractivity contribution in [3.63, 3.8) is 0 Å². The molecule has 0 aliphatic heterocycles. The van der Waals surface area contributed by atoms with Crippen LogP contribution in [0.15, 0.2) is 231 Å². The minimum Gasteiger partial charge on any atom is -0.310 e. The van der Waals surface area contributed by atoms with E-state index in [9.17, 15) is 0 Å². The van der Waals surface area contributed by atoms with Crippen LogP contribution < -0.4 is 0 Å². The molecule has 0 N–H and O–H groups in total. The van der Waals surface area contributed by atoms with Gasteiger partial charge in [-0.05, 0) is 126 Å². The second-order valence-corrected chi connectivity index (χ2v) is 17.6. The van der Waals surface area contributed by atoms with Crippen LogP contribution in [0.3, 0.4) is 0 Å². The molecule has 4 aromatic heterocycles. The molecule has 9 aromatic carbocycles. The van der Waals surface area contributed by atoms with Crippen LogP contribution in [-0.2, 0) is 0 Å². The molecule has 0 fully saturated rings. The maximum absolute atomic E-state index is 2.48. The molecule has 66 heavy (non-hydrogen) atoms. The number of fused-ring (bicyclic) bond motifs is 11. The first-order valence-electron chi connectivity index (χ1n) is 23.0. The lowest BCUT2D eigenvalue weighted by Crippen LogP contribution is -2.02. The van der Waals surface area contributed by atoms with Crippen LogP contribution in [0.4, 0.5) is 0 Å². The third kappa shape index (κ3) is 5.45. The summed E-state index contributed by atoms with van der Waals surface area (Å²) in [4.78, 5) is 0. The van der Waals surface area contributed by atoms with E-state index in [0.717, 1.165) is 35.6 Å². The Balaban J connectivity index is 0.949. The van der Waals surface area contributed by atoms with Gasteiger partial charge < -0.3 is 9.13 Å². The first-order valence-corrected chi connectivity index (χ1v) is 23.0. The zero-order valence-corrected chi connectivity index (χ0v) is 36.1. The maximum atomic E-state index is 2.48. The van der Waals surface area contributed by atoms with Gasteiger partial charge in [0, 0.05) is 60.5 Å². The number of rotatable bonds is 6. The molecule has 0 unspecified atom stereocenters. The second-order valence-electron chi connectivity index (χ2n) is 17.6. The van der Waals surface area contributed by atoms with Crippen LogP contribution >= 0.6 is 0 Å². The predicted molar refractivity (Wildman–Crippen MR) is 278 cm³/mol. The van der Waals surface area contributed by atoms with Gasteiger partial charge in [0.15, 0.2) is 0 Å². The van der Waals surface area contributed by atoms with Crippen molar-refractivity contribution in [3.8, 4) is 39.3 Å². The van der Waals surface area contributed by atoms with E-state index in [4.69, 9.17) is 0 Å². The number of allylic oxidation sites excluding steroid dienone is 4. The highest BCUT2D eigenvalue weighted by Gasteiger charge is 2.23. The van der Waals surface area contributed by atoms with Crippen LogP contribution in [0.2, 0.25) is 0 Å². The summed E-state index contributed by atoms with van der Waals surface area (Å²) in [6.45, 7) is 0. The third-order valence-corrected chi connectivity index (χ3v) is 13.9. The molecule has 13 aromatic rings. The molecule has 1 aliphatic carbocycles. The van der Waals surface area contributed by atoms with Crippen LogP contribution in [0.1, 0.15) is 12.8 Å². The molecule has 0 atom stereocenters. The van der Waals surface area contributed by atoms with E-state index in [1.807, 2.05) is 0 Å². The third-order valence-electron chi connectivity index (χ3n) is 13.9. The smallest absolute Gasteiger partial charge is 0.131 e. The fourth-order valence-corrected chi connectivity index (χ4v) is 11.1. The molecule has 0 saturated heterocycles. The molecule has 0 radical (unpaired) electrons. The topological polar surface area (TPSA) is 19.7 Å². The molecule has 1 aliphatic rings. The summed E-state index contributed by atoms with van der Waals surface area (Å²) in [5.74, 6) is 0. The van der Waals surface area contributed by atoms with Crippen LogP contribution in [0.25, 0.3) is 121 Å². The Morgan fingerprint density at radius 2 is 0.727 bits per heavy atom. The summed E-state index contributed by atoms with van der Waals surface area (Å²) in [7, 11) is 0. The molecule has 0 amide bonds. The van der Waals surface area contributed by atoms with Gasteiger partial charge in [-0.1, -0.05) is 140 Å². The predicted octanol–water partition coefficient (Wildman–Crippen LogP) is 16.5. The average molecular weight is 843 g/mol. The zero-order valence-electron chi connectivity index (χ0n) is 36.1. The standard InChI is InChI=1S/C62H42N4/c1-3-19-45(20-4-1)63-55-29-11-7-25-49(55)53-39-43(33-35-59(53)63)41-17-15-23-47(37-41)65-57-31-13-9-27-51(57)61-52-28-10-14-32-58(52)66(62(61)65)48-24-16-18-42(38-48)44-34-36-60-54(40-44)50-26-8-12-30-56(50)64(60)46-21-5-2-6-22-46/h1,3-5,7-40H,2,6H2. The van der Waals surface area contributed by atoms with Crippen molar-refractivity contribution >= 4 is 82.1 Å². The Hall–Kier alpha value is -8.60. The molecule has 0 spiro atoms. The van der Waals surface area contributed by atoms with E-state index >= 15 is 0 Å². The first kappa shape index (κ1) is 36.8. The lowest BCUT2D eigenvalue weighted by molar-refractivity contribution is 1.02. The summed E-state index contributed by atoms with van der Waals surface area (Å²) in [5.41, 5.74) is 17.8. The zero-order chi connectivity index (χ0) is 43.3. The van der Waals surface area contributed by atoms with Gasteiger partial charge in [0.25, 0.3) is 0 Å². The van der Waals surface area contributed by atoms with Crippen molar-refractivity contribution in [1.29, 1.82) is 0 Å². The summed E-state index contributed by atoms with van der Waals surface area (Å²) >= 11 is 0. The van der Waals surface area contributed by atoms with Gasteiger partial charge in [0.1, 0.15) is 5.65 Å². The molecule has 310 valence electrons. The van der Waals surface area contributed by atoms with Crippen LogP contribution in [-0.4, -0.2) is 18.3 Å². The van der Waals surface area contributed by atoms with Crippen molar-refractivity contribution in [2.24, 2.45) is 0 Å². The Kier molecular flexibility index (Phi) is 8.07. The minimum atomic E-state index is 1.06. The van der Waals surface area contributed by atoms with Gasteiger partial charge in [-0.15, -0.1) is 0 Å². The number of hydrogen-bond acceptors (Lipinski definition) is 0. The molecule has 14 rings (SSSR count). The second kappa shape index (κ2) is 14.5. The van der Waals surface area contributed by atoms with Crippen LogP contribution in [0, 0.1) is 0 Å². The van der Waals surface area contributed by atoms with Gasteiger partial charge in [0.2, 0.25) is 0 Å². The van der Waals surface area contributed by atoms with E-state index < -0.39 is 0 Å². The normalized spacial score (nSPS) is 13.1. The summed E-state index contributed by atoms with van der Waals surface area (Å²) < 4.78 is 9.78. The molecule has 0 saturated carbocycles. The number of para-hydroxylation sites is 5. The fourth-order valence-electron chi connectivity index (χ4n) is 11.1. The van der Waals surface area contributed by atoms with Crippen molar-refractivity contribution in [2.75, 3.05) is 0 Å². The minimum absolute atomic E-state index is 1.06. The quantitative estimate of drug-likeness (QED) is 0.159. The van der Waals surface area contributed by atoms with Gasteiger partial charge >= 0.3 is 0 Å². The van der Waals surface area contributed by atoms with Gasteiger partial charge in [-0.25, -0.2) is 0 Å². The summed E-state index contributed by atoms with van der Waals surface area (Å²) in [6.07, 6.45) is 9.09. The molecule has 4 heterocycles. The largest absolute Gasteiger partial charge is 0.310 e. The number of aromatic nitrogens is 4. The van der Waals surface area contributed by atoms with E-state index in [1.165, 1.54) is 98.8 Å². The van der Waals surface area contributed by atoms with Gasteiger partial charge in [-0.2, -0.15) is 0 Å². The lowest BCUT2D eigenvalue weighted by atomic mass is 10.0.